The molecule has 0 unspecified atom stereocenters. The second kappa shape index (κ2) is 11.3. The number of nitrogens with zero attached hydrogens (tertiary/aromatic N) is 2. The Bertz CT molecular complexity index is 1320. The van der Waals surface area contributed by atoms with Crippen LogP contribution in [0.5, 0.6) is 5.75 Å². The molecule has 1 amide bonds. The van der Waals surface area contributed by atoms with Crippen molar-refractivity contribution >= 4 is 74.8 Å². The van der Waals surface area contributed by atoms with Crippen molar-refractivity contribution in [2.75, 3.05) is 14.2 Å². The molecule has 35 heavy (non-hydrogen) atoms. The number of carbonyl (C=O) groups is 2. The normalized spacial score (nSPS) is 15.7. The molecule has 6 nitrogen and oxygen atoms in total. The number of benzene rings is 3. The Hall–Kier alpha value is -2.82. The van der Waals surface area contributed by atoms with Crippen LogP contribution in [0.2, 0.25) is 5.02 Å². The van der Waals surface area contributed by atoms with Gasteiger partial charge in [-0.2, -0.15) is 0 Å². The largest absolute Gasteiger partial charge is 0.487 e. The maximum atomic E-state index is 12.8. The van der Waals surface area contributed by atoms with E-state index in [9.17, 15) is 9.59 Å². The summed E-state index contributed by atoms with van der Waals surface area (Å²) in [5.74, 6) is 0.00419. The summed E-state index contributed by atoms with van der Waals surface area (Å²) in [5, 5.41) is 1.00. The summed E-state index contributed by atoms with van der Waals surface area (Å²) >= 11 is 9.97. The molecule has 0 aliphatic carbocycles. The van der Waals surface area contributed by atoms with Crippen molar-refractivity contribution in [2.24, 2.45) is 4.99 Å². The average Bonchev–Trinajstić information content (AvgIpc) is 3.12. The summed E-state index contributed by atoms with van der Waals surface area (Å²) in [6.07, 6.45) is 1.78. The van der Waals surface area contributed by atoms with Crippen molar-refractivity contribution in [1.29, 1.82) is 0 Å². The average molecular weight is 619 g/mol. The number of methoxy groups -OCH3 is 1. The van der Waals surface area contributed by atoms with Crippen LogP contribution in [0.3, 0.4) is 0 Å². The fraction of sp³-hybridized carbons (Fsp3) is 0.115. The van der Waals surface area contributed by atoms with E-state index in [0.29, 0.717) is 38.7 Å². The zero-order valence-corrected chi connectivity index (χ0v) is 22.6. The molecular weight excluding hydrogens is 599 g/mol. The van der Waals surface area contributed by atoms with E-state index in [0.717, 1.165) is 14.7 Å². The molecule has 9 heteroatoms. The fourth-order valence-corrected chi connectivity index (χ4v) is 4.76. The molecule has 3 aromatic carbocycles. The van der Waals surface area contributed by atoms with Gasteiger partial charge in [-0.3, -0.25) is 9.69 Å². The van der Waals surface area contributed by atoms with Crippen LogP contribution in [-0.2, 0) is 16.1 Å². The number of amides is 1. The Morgan fingerprint density at radius 1 is 1.11 bits per heavy atom. The van der Waals surface area contributed by atoms with Crippen molar-refractivity contribution in [3.8, 4) is 5.75 Å². The van der Waals surface area contributed by atoms with E-state index in [-0.39, 0.29) is 5.91 Å². The Morgan fingerprint density at radius 2 is 1.83 bits per heavy atom. The van der Waals surface area contributed by atoms with Gasteiger partial charge in [-0.1, -0.05) is 29.8 Å². The third-order valence-corrected chi connectivity index (χ3v) is 7.15. The van der Waals surface area contributed by atoms with Gasteiger partial charge in [-0.05, 0) is 100 Å². The SMILES string of the molecule is COC(=O)c1ccc(N=C2S/C(=C\c3ccc(OCc4ccc(I)cc4)c(Cl)c3)C(=O)N2C)cc1. The topological polar surface area (TPSA) is 68.2 Å². The molecule has 1 aliphatic rings. The highest BCUT2D eigenvalue weighted by Crippen LogP contribution is 2.34. The minimum Gasteiger partial charge on any atom is -0.487 e. The Kier molecular flexibility index (Phi) is 8.15. The van der Waals surface area contributed by atoms with Crippen LogP contribution in [0, 0.1) is 3.57 Å². The Labute approximate surface area is 226 Å². The Morgan fingerprint density at radius 3 is 2.49 bits per heavy atom. The van der Waals surface area contributed by atoms with Gasteiger partial charge in [-0.15, -0.1) is 0 Å². The van der Waals surface area contributed by atoms with Gasteiger partial charge in [0.05, 0.1) is 28.3 Å². The maximum Gasteiger partial charge on any atom is 0.337 e. The first kappa shape index (κ1) is 25.3. The monoisotopic (exact) mass is 618 g/mol. The highest BCUT2D eigenvalue weighted by Gasteiger charge is 2.30. The van der Waals surface area contributed by atoms with Crippen molar-refractivity contribution in [3.63, 3.8) is 0 Å². The highest BCUT2D eigenvalue weighted by atomic mass is 127. The van der Waals surface area contributed by atoms with Crippen LogP contribution in [0.1, 0.15) is 21.5 Å². The molecular formula is C26H20ClIN2O4S. The smallest absolute Gasteiger partial charge is 0.337 e. The molecule has 0 saturated carbocycles. The predicted molar refractivity (Wildman–Crippen MR) is 148 cm³/mol. The summed E-state index contributed by atoms with van der Waals surface area (Å²) in [7, 11) is 3.01. The van der Waals surface area contributed by atoms with Gasteiger partial charge in [-0.25, -0.2) is 9.79 Å². The van der Waals surface area contributed by atoms with Gasteiger partial charge < -0.3 is 9.47 Å². The molecule has 0 spiro atoms. The van der Waals surface area contributed by atoms with Gasteiger partial charge in [0.1, 0.15) is 12.4 Å². The molecule has 0 N–H and O–H groups in total. The molecule has 4 rings (SSSR count). The molecule has 1 fully saturated rings. The first-order valence-corrected chi connectivity index (χ1v) is 12.7. The number of aliphatic imine (C=N–C) groups is 1. The number of rotatable bonds is 6. The van der Waals surface area contributed by atoms with E-state index in [1.54, 1.807) is 49.5 Å². The minimum atomic E-state index is -0.415. The fourth-order valence-electron chi connectivity index (χ4n) is 3.17. The number of hydrogen-bond acceptors (Lipinski definition) is 6. The van der Waals surface area contributed by atoms with E-state index in [1.165, 1.54) is 23.8 Å². The lowest BCUT2D eigenvalue weighted by molar-refractivity contribution is -0.121. The summed E-state index contributed by atoms with van der Waals surface area (Å²) < 4.78 is 11.7. The quantitative estimate of drug-likeness (QED) is 0.178. The number of thioether (sulfide) groups is 1. The van der Waals surface area contributed by atoms with Gasteiger partial charge >= 0.3 is 5.97 Å². The number of esters is 1. The van der Waals surface area contributed by atoms with Crippen molar-refractivity contribution in [3.05, 3.63) is 96.9 Å². The van der Waals surface area contributed by atoms with Gasteiger partial charge in [0.15, 0.2) is 5.17 Å². The van der Waals surface area contributed by atoms with E-state index in [2.05, 4.69) is 27.6 Å². The zero-order valence-electron chi connectivity index (χ0n) is 18.8. The standard InChI is InChI=1S/C26H20ClIN2O4S/c1-30-24(31)23(35-26(30)29-20-10-6-18(7-11-20)25(32)33-2)14-17-5-12-22(21(27)13-17)34-15-16-3-8-19(28)9-4-16/h3-14H,15H2,1-2H3/b23-14-,29-26?. The maximum absolute atomic E-state index is 12.8. The zero-order chi connectivity index (χ0) is 24.9. The van der Waals surface area contributed by atoms with Crippen LogP contribution >= 0.6 is 46.0 Å². The van der Waals surface area contributed by atoms with Gasteiger partial charge in [0, 0.05) is 10.6 Å². The van der Waals surface area contributed by atoms with E-state index in [4.69, 9.17) is 21.1 Å². The van der Waals surface area contributed by atoms with Crippen molar-refractivity contribution in [2.45, 2.75) is 6.61 Å². The molecule has 0 bridgehead atoms. The number of ether oxygens (including phenoxy) is 2. The number of halogens is 2. The van der Waals surface area contributed by atoms with Crippen LogP contribution < -0.4 is 4.74 Å². The third-order valence-electron chi connectivity index (χ3n) is 5.08. The van der Waals surface area contributed by atoms with Crippen LogP contribution in [0.15, 0.2) is 76.6 Å². The third kappa shape index (κ3) is 6.25. The lowest BCUT2D eigenvalue weighted by Gasteiger charge is -2.09. The molecule has 1 aliphatic heterocycles. The second-order valence-corrected chi connectivity index (χ2v) is 10.2. The number of hydrogen-bond donors (Lipinski definition) is 0. The van der Waals surface area contributed by atoms with E-state index < -0.39 is 5.97 Å². The van der Waals surface area contributed by atoms with Crippen LogP contribution in [0.25, 0.3) is 6.08 Å². The first-order valence-electron chi connectivity index (χ1n) is 10.5. The number of carbonyl (C=O) groups excluding carboxylic acids is 2. The van der Waals surface area contributed by atoms with Crippen molar-refractivity contribution in [1.82, 2.24) is 4.90 Å². The predicted octanol–water partition coefficient (Wildman–Crippen LogP) is 6.54. The number of amidine groups is 1. The van der Waals surface area contributed by atoms with E-state index >= 15 is 0 Å². The van der Waals surface area contributed by atoms with Crippen LogP contribution in [-0.4, -0.2) is 36.1 Å². The van der Waals surface area contributed by atoms with Gasteiger partial charge in [0.2, 0.25) is 0 Å². The lowest BCUT2D eigenvalue weighted by atomic mass is 10.2. The minimum absolute atomic E-state index is 0.157. The summed E-state index contributed by atoms with van der Waals surface area (Å²) in [6.45, 7) is 0.413. The molecule has 3 aromatic rings. The molecule has 0 aromatic heterocycles. The second-order valence-electron chi connectivity index (χ2n) is 7.51. The van der Waals surface area contributed by atoms with Gasteiger partial charge in [0.25, 0.3) is 5.91 Å². The number of likely N-dealkylation sites (N-methyl/N-ethyl adjacent to an activating group) is 1. The molecule has 1 heterocycles. The Balaban J connectivity index is 1.46. The van der Waals surface area contributed by atoms with Crippen LogP contribution in [0.4, 0.5) is 5.69 Å². The molecule has 1 saturated heterocycles. The molecule has 0 radical (unpaired) electrons. The summed E-state index contributed by atoms with van der Waals surface area (Å²) in [4.78, 5) is 30.9. The van der Waals surface area contributed by atoms with E-state index in [1.807, 2.05) is 30.3 Å². The lowest BCUT2D eigenvalue weighted by Crippen LogP contribution is -2.23. The highest BCUT2D eigenvalue weighted by molar-refractivity contribution is 14.1. The molecule has 0 atom stereocenters. The summed E-state index contributed by atoms with van der Waals surface area (Å²) in [5.41, 5.74) is 2.89. The first-order chi connectivity index (χ1) is 16.8. The van der Waals surface area contributed by atoms with Crippen molar-refractivity contribution < 1.29 is 19.1 Å². The summed E-state index contributed by atoms with van der Waals surface area (Å²) in [6, 6.07) is 20.2. The molecule has 178 valence electrons.